The molecule has 1 saturated carbocycles. The lowest BCUT2D eigenvalue weighted by molar-refractivity contribution is -0.133. The van der Waals surface area contributed by atoms with E-state index in [1.165, 1.54) is 18.4 Å². The first-order valence-corrected chi connectivity index (χ1v) is 10.0. The third kappa shape index (κ3) is 3.27. The summed E-state index contributed by atoms with van der Waals surface area (Å²) in [6.45, 7) is 0.883. The molecule has 2 fully saturated rings. The van der Waals surface area contributed by atoms with E-state index in [0.29, 0.717) is 13.0 Å². The number of benzene rings is 1. The van der Waals surface area contributed by atoms with E-state index in [2.05, 4.69) is 0 Å². The number of sulfone groups is 1. The molecule has 0 aromatic heterocycles. The molecule has 0 bridgehead atoms. The van der Waals surface area contributed by atoms with Crippen molar-refractivity contribution in [1.29, 1.82) is 0 Å². The third-order valence-corrected chi connectivity index (χ3v) is 6.67. The normalized spacial score (nSPS) is 24.1. The van der Waals surface area contributed by atoms with Gasteiger partial charge in [0.15, 0.2) is 9.84 Å². The molecule has 1 aliphatic heterocycles. The second kappa shape index (κ2) is 5.89. The maximum absolute atomic E-state index is 13.1. The number of halogens is 1. The van der Waals surface area contributed by atoms with Gasteiger partial charge in [0, 0.05) is 19.3 Å². The molecule has 1 aromatic rings. The first kappa shape index (κ1) is 16.4. The Kier molecular flexibility index (Phi) is 4.21. The molecule has 0 N–H and O–H groups in total. The lowest BCUT2D eigenvalue weighted by Gasteiger charge is -2.28. The Labute approximate surface area is 136 Å². The standard InChI is InChI=1S/C17H22FNO3S/c1-23(21,22)15-4-2-3-11-19(12-15)16(20)17(9-10-17)13-5-7-14(18)8-6-13/h5-8,15H,2-4,9-12H2,1H3/t15-/m1/s1. The van der Waals surface area contributed by atoms with E-state index in [1.807, 2.05) is 0 Å². The summed E-state index contributed by atoms with van der Waals surface area (Å²) in [5.74, 6) is -0.316. The lowest BCUT2D eigenvalue weighted by atomic mass is 9.94. The number of rotatable bonds is 3. The Morgan fingerprint density at radius 3 is 2.43 bits per heavy atom. The molecule has 0 radical (unpaired) electrons. The van der Waals surface area contributed by atoms with E-state index >= 15 is 0 Å². The minimum absolute atomic E-state index is 0.000317. The average Bonchev–Trinajstić information content (AvgIpc) is 3.31. The van der Waals surface area contributed by atoms with Crippen molar-refractivity contribution in [3.8, 4) is 0 Å². The molecule has 6 heteroatoms. The molecule has 3 rings (SSSR count). The molecule has 0 spiro atoms. The Hall–Kier alpha value is -1.43. The van der Waals surface area contributed by atoms with E-state index in [0.717, 1.165) is 31.2 Å². The molecule has 23 heavy (non-hydrogen) atoms. The SMILES string of the molecule is CS(=O)(=O)[C@@H]1CCCCN(C(=O)C2(c3ccc(F)cc3)CC2)C1. The summed E-state index contributed by atoms with van der Waals surface area (Å²) >= 11 is 0. The summed E-state index contributed by atoms with van der Waals surface area (Å²) in [6.07, 6.45) is 5.02. The molecule has 4 nitrogen and oxygen atoms in total. The zero-order chi connectivity index (χ0) is 16.7. The van der Waals surface area contributed by atoms with Gasteiger partial charge in [-0.3, -0.25) is 4.79 Å². The molecule has 1 amide bonds. The Bertz CT molecular complexity index is 695. The van der Waals surface area contributed by atoms with Gasteiger partial charge in [-0.05, 0) is 43.4 Å². The number of carbonyl (C=O) groups excluding carboxylic acids is 1. The smallest absolute Gasteiger partial charge is 0.233 e. The van der Waals surface area contributed by atoms with Crippen LogP contribution in [-0.2, 0) is 20.0 Å². The highest BCUT2D eigenvalue weighted by atomic mass is 32.2. The van der Waals surface area contributed by atoms with Gasteiger partial charge in [0.05, 0.1) is 10.7 Å². The predicted octanol–water partition coefficient (Wildman–Crippen LogP) is 2.28. The summed E-state index contributed by atoms with van der Waals surface area (Å²) in [7, 11) is -3.15. The van der Waals surface area contributed by atoms with Crippen LogP contribution in [0.15, 0.2) is 24.3 Å². The molecule has 126 valence electrons. The van der Waals surface area contributed by atoms with E-state index in [1.54, 1.807) is 17.0 Å². The van der Waals surface area contributed by atoms with Crippen molar-refractivity contribution in [3.05, 3.63) is 35.6 Å². The second-order valence-corrected chi connectivity index (χ2v) is 9.11. The molecule has 1 saturated heterocycles. The van der Waals surface area contributed by atoms with Crippen molar-refractivity contribution in [2.24, 2.45) is 0 Å². The number of carbonyl (C=O) groups is 1. The van der Waals surface area contributed by atoms with Crippen LogP contribution in [0.2, 0.25) is 0 Å². The van der Waals surface area contributed by atoms with Gasteiger partial charge in [-0.25, -0.2) is 12.8 Å². The zero-order valence-electron chi connectivity index (χ0n) is 13.3. The van der Waals surface area contributed by atoms with E-state index in [-0.39, 0.29) is 18.3 Å². The summed E-state index contributed by atoms with van der Waals surface area (Å²) in [6, 6.07) is 6.10. The second-order valence-electron chi connectivity index (χ2n) is 6.79. The van der Waals surface area contributed by atoms with Crippen LogP contribution in [0.1, 0.15) is 37.7 Å². The van der Waals surface area contributed by atoms with Crippen LogP contribution in [0.5, 0.6) is 0 Å². The summed E-state index contributed by atoms with van der Waals surface area (Å²) in [5, 5.41) is -0.474. The minimum Gasteiger partial charge on any atom is -0.341 e. The summed E-state index contributed by atoms with van der Waals surface area (Å²) in [4.78, 5) is 14.7. The molecular weight excluding hydrogens is 317 g/mol. The average molecular weight is 339 g/mol. The quantitative estimate of drug-likeness (QED) is 0.849. The van der Waals surface area contributed by atoms with Crippen molar-refractivity contribution >= 4 is 15.7 Å². The Morgan fingerprint density at radius 2 is 1.87 bits per heavy atom. The monoisotopic (exact) mass is 339 g/mol. The van der Waals surface area contributed by atoms with Crippen LogP contribution in [0.3, 0.4) is 0 Å². The van der Waals surface area contributed by atoms with Gasteiger partial charge in [0.2, 0.25) is 5.91 Å². The fourth-order valence-electron chi connectivity index (χ4n) is 3.46. The van der Waals surface area contributed by atoms with Gasteiger partial charge < -0.3 is 4.90 Å². The summed E-state index contributed by atoms with van der Waals surface area (Å²) < 4.78 is 36.9. The Morgan fingerprint density at radius 1 is 1.22 bits per heavy atom. The largest absolute Gasteiger partial charge is 0.341 e. The molecule has 1 aromatic carbocycles. The topological polar surface area (TPSA) is 54.5 Å². The van der Waals surface area contributed by atoms with Crippen molar-refractivity contribution in [2.45, 2.75) is 42.8 Å². The fourth-order valence-corrected chi connectivity index (χ4v) is 4.51. The van der Waals surface area contributed by atoms with Crippen LogP contribution in [0.25, 0.3) is 0 Å². The van der Waals surface area contributed by atoms with Gasteiger partial charge in [0.1, 0.15) is 5.82 Å². The van der Waals surface area contributed by atoms with Crippen LogP contribution in [0.4, 0.5) is 4.39 Å². The minimum atomic E-state index is -3.15. The zero-order valence-corrected chi connectivity index (χ0v) is 14.1. The highest BCUT2D eigenvalue weighted by Gasteiger charge is 2.53. The number of likely N-dealkylation sites (tertiary alicyclic amines) is 1. The number of hydrogen-bond acceptors (Lipinski definition) is 3. The molecule has 1 atom stereocenters. The highest BCUT2D eigenvalue weighted by molar-refractivity contribution is 7.91. The van der Waals surface area contributed by atoms with Crippen molar-refractivity contribution in [1.82, 2.24) is 4.90 Å². The van der Waals surface area contributed by atoms with Crippen molar-refractivity contribution in [3.63, 3.8) is 0 Å². The van der Waals surface area contributed by atoms with Crippen LogP contribution in [-0.4, -0.2) is 43.8 Å². The van der Waals surface area contributed by atoms with Crippen LogP contribution < -0.4 is 0 Å². The van der Waals surface area contributed by atoms with Crippen molar-refractivity contribution < 1.29 is 17.6 Å². The van der Waals surface area contributed by atoms with Gasteiger partial charge in [-0.15, -0.1) is 0 Å². The molecule has 2 aliphatic rings. The predicted molar refractivity (Wildman–Crippen MR) is 86.4 cm³/mol. The number of amides is 1. The number of hydrogen-bond donors (Lipinski definition) is 0. The van der Waals surface area contributed by atoms with Gasteiger partial charge in [-0.1, -0.05) is 18.6 Å². The summed E-state index contributed by atoms with van der Waals surface area (Å²) in [5.41, 5.74) is 0.268. The van der Waals surface area contributed by atoms with Crippen LogP contribution in [0, 0.1) is 5.82 Å². The molecule has 1 aliphatic carbocycles. The van der Waals surface area contributed by atoms with Gasteiger partial charge in [-0.2, -0.15) is 0 Å². The first-order chi connectivity index (χ1) is 10.8. The van der Waals surface area contributed by atoms with E-state index in [9.17, 15) is 17.6 Å². The maximum Gasteiger partial charge on any atom is 0.233 e. The molecule has 1 heterocycles. The number of nitrogens with zero attached hydrogens (tertiary/aromatic N) is 1. The molecule has 0 unspecified atom stereocenters. The molecular formula is C17H22FNO3S. The van der Waals surface area contributed by atoms with Gasteiger partial charge in [0.25, 0.3) is 0 Å². The highest BCUT2D eigenvalue weighted by Crippen LogP contribution is 2.49. The van der Waals surface area contributed by atoms with Gasteiger partial charge >= 0.3 is 0 Å². The van der Waals surface area contributed by atoms with E-state index in [4.69, 9.17) is 0 Å². The fraction of sp³-hybridized carbons (Fsp3) is 0.588. The van der Waals surface area contributed by atoms with Crippen molar-refractivity contribution in [2.75, 3.05) is 19.3 Å². The first-order valence-electron chi connectivity index (χ1n) is 8.07. The van der Waals surface area contributed by atoms with Crippen LogP contribution >= 0.6 is 0 Å². The maximum atomic E-state index is 13.1. The Balaban J connectivity index is 1.82. The third-order valence-electron chi connectivity index (χ3n) is 5.08. The van der Waals surface area contributed by atoms with E-state index < -0.39 is 20.5 Å². The lowest BCUT2D eigenvalue weighted by Crippen LogP contribution is -2.44.